The van der Waals surface area contributed by atoms with E-state index in [-0.39, 0.29) is 6.61 Å². The van der Waals surface area contributed by atoms with E-state index in [1.165, 1.54) is 0 Å². The van der Waals surface area contributed by atoms with Crippen molar-refractivity contribution in [1.29, 1.82) is 0 Å². The van der Waals surface area contributed by atoms with Crippen LogP contribution in [0.4, 0.5) is 0 Å². The Bertz CT molecular complexity index is 302. The summed E-state index contributed by atoms with van der Waals surface area (Å²) in [6, 6.07) is 9.23. The van der Waals surface area contributed by atoms with Crippen molar-refractivity contribution in [2.75, 3.05) is 13.2 Å². The summed E-state index contributed by atoms with van der Waals surface area (Å²) in [6.07, 6.45) is 0.389. The molecule has 0 bridgehead atoms. The summed E-state index contributed by atoms with van der Waals surface area (Å²) in [5, 5.41) is 8.80. The second-order valence-electron chi connectivity index (χ2n) is 3.17. The van der Waals surface area contributed by atoms with Crippen LogP contribution < -0.4 is 4.74 Å². The van der Waals surface area contributed by atoms with Gasteiger partial charge in [0.15, 0.2) is 8.03 Å². The van der Waals surface area contributed by atoms with Crippen molar-refractivity contribution < 1.29 is 19.3 Å². The molecule has 84 valence electrons. The molecule has 15 heavy (non-hydrogen) atoms. The van der Waals surface area contributed by atoms with E-state index in [0.717, 1.165) is 5.75 Å². The van der Waals surface area contributed by atoms with Crippen molar-refractivity contribution in [2.24, 2.45) is 0 Å². The Labute approximate surface area is 89.4 Å². The standard InChI is InChI=1S/C10H15O4P/c11-8-10(15(12)13)6-7-14-9-4-2-1-3-5-9/h1-5,10-11,15H,6-8H2,(H,12,13). The number of ether oxygens (including phenoxy) is 1. The summed E-state index contributed by atoms with van der Waals surface area (Å²) in [5.41, 5.74) is -0.557. The van der Waals surface area contributed by atoms with E-state index in [0.29, 0.717) is 13.0 Å². The normalized spacial score (nSPS) is 14.5. The quantitative estimate of drug-likeness (QED) is 0.722. The van der Waals surface area contributed by atoms with Gasteiger partial charge < -0.3 is 14.7 Å². The predicted molar refractivity (Wildman–Crippen MR) is 58.6 cm³/mol. The highest BCUT2D eigenvalue weighted by molar-refractivity contribution is 7.38. The summed E-state index contributed by atoms with van der Waals surface area (Å²) in [6.45, 7) is 0.0681. The van der Waals surface area contributed by atoms with Gasteiger partial charge in [0.1, 0.15) is 5.75 Å². The van der Waals surface area contributed by atoms with E-state index >= 15 is 0 Å². The lowest BCUT2D eigenvalue weighted by Crippen LogP contribution is -2.13. The molecule has 0 aromatic heterocycles. The lowest BCUT2D eigenvalue weighted by molar-refractivity contribution is 0.250. The van der Waals surface area contributed by atoms with E-state index in [1.54, 1.807) is 0 Å². The van der Waals surface area contributed by atoms with Crippen molar-refractivity contribution >= 4 is 8.03 Å². The lowest BCUT2D eigenvalue weighted by atomic mass is 10.3. The van der Waals surface area contributed by atoms with Crippen LogP contribution in [0.25, 0.3) is 0 Å². The predicted octanol–water partition coefficient (Wildman–Crippen LogP) is 1.28. The zero-order chi connectivity index (χ0) is 11.1. The van der Waals surface area contributed by atoms with Crippen LogP contribution in [0.3, 0.4) is 0 Å². The topological polar surface area (TPSA) is 66.8 Å². The number of aliphatic hydroxyl groups excluding tert-OH is 1. The molecule has 0 aliphatic heterocycles. The molecule has 1 aromatic carbocycles. The fourth-order valence-electron chi connectivity index (χ4n) is 1.13. The number of rotatable bonds is 6. The van der Waals surface area contributed by atoms with Gasteiger partial charge in [-0.1, -0.05) is 18.2 Å². The zero-order valence-electron chi connectivity index (χ0n) is 8.30. The average Bonchev–Trinajstić information content (AvgIpc) is 2.25. The number of para-hydroxylation sites is 1. The number of hydrogen-bond acceptors (Lipinski definition) is 3. The second kappa shape index (κ2) is 6.62. The molecule has 1 rings (SSSR count). The third-order valence-corrected chi connectivity index (χ3v) is 3.22. The van der Waals surface area contributed by atoms with Crippen molar-refractivity contribution in [3.63, 3.8) is 0 Å². The van der Waals surface area contributed by atoms with Gasteiger partial charge in [0.25, 0.3) is 0 Å². The molecule has 1 aromatic rings. The van der Waals surface area contributed by atoms with Crippen LogP contribution in [0.1, 0.15) is 6.42 Å². The van der Waals surface area contributed by atoms with Crippen LogP contribution in [0.2, 0.25) is 0 Å². The van der Waals surface area contributed by atoms with Crippen LogP contribution in [0, 0.1) is 0 Å². The molecule has 0 radical (unpaired) electrons. The third kappa shape index (κ3) is 4.47. The zero-order valence-corrected chi connectivity index (χ0v) is 9.30. The molecule has 5 heteroatoms. The van der Waals surface area contributed by atoms with E-state index < -0.39 is 13.7 Å². The molecule has 0 aliphatic rings. The maximum Gasteiger partial charge on any atom is 0.194 e. The largest absolute Gasteiger partial charge is 0.494 e. The van der Waals surface area contributed by atoms with Gasteiger partial charge in [0, 0.05) is 0 Å². The van der Waals surface area contributed by atoms with Crippen LogP contribution in [-0.4, -0.2) is 28.9 Å². The smallest absolute Gasteiger partial charge is 0.194 e. The van der Waals surface area contributed by atoms with Crippen LogP contribution in [-0.2, 0) is 4.57 Å². The summed E-state index contributed by atoms with van der Waals surface area (Å²) < 4.78 is 16.1. The van der Waals surface area contributed by atoms with Gasteiger partial charge in [0.2, 0.25) is 0 Å². The molecule has 0 amide bonds. The van der Waals surface area contributed by atoms with Gasteiger partial charge in [-0.3, -0.25) is 4.57 Å². The molecule has 2 N–H and O–H groups in total. The van der Waals surface area contributed by atoms with Gasteiger partial charge >= 0.3 is 0 Å². The Morgan fingerprint density at radius 2 is 2.00 bits per heavy atom. The Balaban J connectivity index is 2.30. The molecule has 0 saturated carbocycles. The molecule has 0 aliphatic carbocycles. The van der Waals surface area contributed by atoms with Gasteiger partial charge in [-0.25, -0.2) is 0 Å². The maximum atomic E-state index is 10.7. The molecule has 4 nitrogen and oxygen atoms in total. The highest BCUT2D eigenvalue weighted by Gasteiger charge is 2.12. The Hall–Kier alpha value is -0.830. The van der Waals surface area contributed by atoms with Gasteiger partial charge in [-0.15, -0.1) is 0 Å². The molecule has 0 heterocycles. The highest BCUT2D eigenvalue weighted by Crippen LogP contribution is 2.24. The molecule has 0 saturated heterocycles. The van der Waals surface area contributed by atoms with Crippen LogP contribution >= 0.6 is 8.03 Å². The van der Waals surface area contributed by atoms with E-state index in [9.17, 15) is 4.57 Å². The Morgan fingerprint density at radius 1 is 1.33 bits per heavy atom. The van der Waals surface area contributed by atoms with E-state index in [4.69, 9.17) is 14.7 Å². The number of hydrogen-bond donors (Lipinski definition) is 2. The summed E-state index contributed by atoms with van der Waals surface area (Å²) in [4.78, 5) is 8.84. The van der Waals surface area contributed by atoms with Crippen LogP contribution in [0.5, 0.6) is 5.75 Å². The molecule has 0 fully saturated rings. The maximum absolute atomic E-state index is 10.7. The summed E-state index contributed by atoms with van der Waals surface area (Å²) in [5.74, 6) is 0.729. The minimum atomic E-state index is -2.66. The van der Waals surface area contributed by atoms with Gasteiger partial charge in [0.05, 0.1) is 18.9 Å². The minimum absolute atomic E-state index is 0.271. The average molecular weight is 230 g/mol. The fraction of sp³-hybridized carbons (Fsp3) is 0.400. The van der Waals surface area contributed by atoms with Gasteiger partial charge in [-0.2, -0.15) is 0 Å². The third-order valence-electron chi connectivity index (χ3n) is 2.05. The minimum Gasteiger partial charge on any atom is -0.494 e. The first-order valence-corrected chi connectivity index (χ1v) is 6.19. The van der Waals surface area contributed by atoms with Crippen molar-refractivity contribution in [2.45, 2.75) is 12.1 Å². The first kappa shape index (κ1) is 12.2. The summed E-state index contributed by atoms with van der Waals surface area (Å²) in [7, 11) is -2.66. The fourth-order valence-corrected chi connectivity index (χ4v) is 1.65. The molecular weight excluding hydrogens is 215 g/mol. The first-order valence-electron chi connectivity index (χ1n) is 4.75. The monoisotopic (exact) mass is 230 g/mol. The second-order valence-corrected chi connectivity index (χ2v) is 4.66. The Morgan fingerprint density at radius 3 is 2.53 bits per heavy atom. The summed E-state index contributed by atoms with van der Waals surface area (Å²) >= 11 is 0. The van der Waals surface area contributed by atoms with Crippen LogP contribution in [0.15, 0.2) is 30.3 Å². The van der Waals surface area contributed by atoms with Crippen molar-refractivity contribution in [3.05, 3.63) is 30.3 Å². The van der Waals surface area contributed by atoms with E-state index in [1.807, 2.05) is 30.3 Å². The molecule has 2 atom stereocenters. The number of benzene rings is 1. The first-order chi connectivity index (χ1) is 7.24. The highest BCUT2D eigenvalue weighted by atomic mass is 31.1. The molecular formula is C10H15O4P. The Kier molecular flexibility index (Phi) is 5.40. The van der Waals surface area contributed by atoms with E-state index in [2.05, 4.69) is 0 Å². The number of aliphatic hydroxyl groups is 1. The van der Waals surface area contributed by atoms with Crippen molar-refractivity contribution in [1.82, 2.24) is 0 Å². The SMILES string of the molecule is O=[PH](O)C(CO)CCOc1ccccc1. The lowest BCUT2D eigenvalue weighted by Gasteiger charge is -2.11. The van der Waals surface area contributed by atoms with Gasteiger partial charge in [-0.05, 0) is 18.6 Å². The molecule has 2 unspecified atom stereocenters. The van der Waals surface area contributed by atoms with Crippen molar-refractivity contribution in [3.8, 4) is 5.75 Å². The molecule has 0 spiro atoms.